The molecule has 1 N–H and O–H groups in total. The number of halogens is 2. The van der Waals surface area contributed by atoms with Gasteiger partial charge >= 0.3 is 12.1 Å². The monoisotopic (exact) mass is 387 g/mol. The molecule has 0 radical (unpaired) electrons. The lowest BCUT2D eigenvalue weighted by Gasteiger charge is -2.11. The fraction of sp³-hybridized carbons (Fsp3) is 0.444. The van der Waals surface area contributed by atoms with E-state index in [1.165, 1.54) is 6.08 Å². The Bertz CT molecular complexity index is 617. The van der Waals surface area contributed by atoms with E-state index in [2.05, 4.69) is 5.32 Å². The van der Waals surface area contributed by atoms with E-state index in [9.17, 15) is 9.59 Å². The highest BCUT2D eigenvalue weighted by molar-refractivity contribution is 6.18. The van der Waals surface area contributed by atoms with Gasteiger partial charge in [-0.25, -0.2) is 9.59 Å². The second-order valence-corrected chi connectivity index (χ2v) is 6.02. The van der Waals surface area contributed by atoms with Crippen molar-refractivity contribution in [2.24, 2.45) is 0 Å². The fourth-order valence-electron chi connectivity index (χ4n) is 2.19. The largest absolute Gasteiger partial charge is 0.463 e. The van der Waals surface area contributed by atoms with Crippen LogP contribution in [0, 0.1) is 0 Å². The number of carbonyl (C=O) groups is 2. The molecule has 25 heavy (non-hydrogen) atoms. The minimum Gasteiger partial charge on any atom is -0.463 e. The summed E-state index contributed by atoms with van der Waals surface area (Å²) in [6, 6.07) is 5.85. The molecule has 0 bridgehead atoms. The molecule has 0 fully saturated rings. The van der Waals surface area contributed by atoms with Crippen LogP contribution < -0.4 is 5.32 Å². The molecule has 0 saturated heterocycles. The van der Waals surface area contributed by atoms with Gasteiger partial charge in [-0.1, -0.05) is 18.2 Å². The molecule has 0 spiro atoms. The van der Waals surface area contributed by atoms with Crippen molar-refractivity contribution in [1.29, 1.82) is 0 Å². The quantitative estimate of drug-likeness (QED) is 0.395. The topological polar surface area (TPSA) is 64.6 Å². The molecule has 7 heteroatoms. The molecule has 5 nitrogen and oxygen atoms in total. The molecule has 0 aliphatic carbocycles. The summed E-state index contributed by atoms with van der Waals surface area (Å²) in [5.41, 5.74) is 3.47. The summed E-state index contributed by atoms with van der Waals surface area (Å²) < 4.78 is 9.93. The van der Waals surface area contributed by atoms with Crippen molar-refractivity contribution in [2.45, 2.75) is 33.3 Å². The molecule has 1 rings (SSSR count). The number of rotatable bonds is 9. The number of carbonyl (C=O) groups excluding carboxylic acids is 2. The number of ether oxygens (including phenoxy) is 2. The first kappa shape index (κ1) is 21.3. The van der Waals surface area contributed by atoms with Gasteiger partial charge in [0, 0.05) is 23.5 Å². The highest BCUT2D eigenvalue weighted by Gasteiger charge is 2.08. The molecular formula is C18H23Cl2NO4. The van der Waals surface area contributed by atoms with Crippen LogP contribution in [0.4, 0.5) is 4.79 Å². The molecule has 0 heterocycles. The number of esters is 1. The van der Waals surface area contributed by atoms with Crippen LogP contribution in [0.5, 0.6) is 0 Å². The second kappa shape index (κ2) is 11.8. The van der Waals surface area contributed by atoms with E-state index >= 15 is 0 Å². The summed E-state index contributed by atoms with van der Waals surface area (Å²) in [6.07, 6.45) is 2.06. The minimum atomic E-state index is -0.637. The summed E-state index contributed by atoms with van der Waals surface area (Å²) in [5, 5.41) is 2.47. The van der Waals surface area contributed by atoms with Crippen LogP contribution in [0.2, 0.25) is 0 Å². The minimum absolute atomic E-state index is 0.120. The molecular weight excluding hydrogens is 365 g/mol. The number of alkyl halides is 2. The second-order valence-electron chi connectivity index (χ2n) is 5.26. The molecule has 138 valence electrons. The first-order valence-electron chi connectivity index (χ1n) is 8.01. The summed E-state index contributed by atoms with van der Waals surface area (Å²) in [4.78, 5) is 23.1. The molecule has 1 aromatic carbocycles. The first-order valence-corrected chi connectivity index (χ1v) is 9.08. The fourth-order valence-corrected chi connectivity index (χ4v) is 2.60. The maximum atomic E-state index is 11.8. The van der Waals surface area contributed by atoms with Crippen molar-refractivity contribution in [1.82, 2.24) is 5.32 Å². The predicted octanol–water partition coefficient (Wildman–Crippen LogP) is 3.94. The lowest BCUT2D eigenvalue weighted by Crippen LogP contribution is -2.23. The van der Waals surface area contributed by atoms with Gasteiger partial charge in [0.1, 0.15) is 6.61 Å². The van der Waals surface area contributed by atoms with Gasteiger partial charge < -0.3 is 9.47 Å². The SMILES string of the molecule is CCOC(=O)C=C(C)NC(=O)OCc1ccc(CCCl)c(CCCl)c1. The number of benzene rings is 1. The van der Waals surface area contributed by atoms with Crippen molar-refractivity contribution in [3.63, 3.8) is 0 Å². The van der Waals surface area contributed by atoms with Crippen LogP contribution in [-0.2, 0) is 33.7 Å². The molecule has 1 aromatic rings. The van der Waals surface area contributed by atoms with Crippen molar-refractivity contribution < 1.29 is 19.1 Å². The van der Waals surface area contributed by atoms with E-state index in [1.54, 1.807) is 13.8 Å². The van der Waals surface area contributed by atoms with Gasteiger partial charge in [-0.15, -0.1) is 23.2 Å². The number of nitrogens with one attached hydrogen (secondary N) is 1. The lowest BCUT2D eigenvalue weighted by atomic mass is 10.0. The third-order valence-electron chi connectivity index (χ3n) is 3.29. The summed E-state index contributed by atoms with van der Waals surface area (Å²) in [5.74, 6) is 0.540. The Kier molecular flexibility index (Phi) is 10.0. The maximum Gasteiger partial charge on any atom is 0.411 e. The average Bonchev–Trinajstić information content (AvgIpc) is 2.55. The Morgan fingerprint density at radius 3 is 2.44 bits per heavy atom. The zero-order valence-corrected chi connectivity index (χ0v) is 16.0. The summed E-state index contributed by atoms with van der Waals surface area (Å²) >= 11 is 11.6. The van der Waals surface area contributed by atoms with E-state index < -0.39 is 12.1 Å². The van der Waals surface area contributed by atoms with Gasteiger partial charge in [-0.05, 0) is 43.4 Å². The van der Waals surface area contributed by atoms with E-state index in [-0.39, 0.29) is 13.2 Å². The van der Waals surface area contributed by atoms with Crippen LogP contribution in [0.3, 0.4) is 0 Å². The van der Waals surface area contributed by atoms with E-state index in [0.717, 1.165) is 29.5 Å². The van der Waals surface area contributed by atoms with E-state index in [0.29, 0.717) is 17.5 Å². The van der Waals surface area contributed by atoms with Crippen molar-refractivity contribution in [3.8, 4) is 0 Å². The van der Waals surface area contributed by atoms with Crippen molar-refractivity contribution in [3.05, 3.63) is 46.7 Å². The molecule has 0 aliphatic rings. The normalized spacial score (nSPS) is 11.1. The zero-order valence-electron chi connectivity index (χ0n) is 14.4. The number of alkyl carbamates (subject to hydrolysis) is 1. The zero-order chi connectivity index (χ0) is 18.7. The van der Waals surface area contributed by atoms with Gasteiger partial charge in [0.25, 0.3) is 0 Å². The molecule has 0 aliphatic heterocycles. The van der Waals surface area contributed by atoms with Gasteiger partial charge in [-0.2, -0.15) is 0 Å². The van der Waals surface area contributed by atoms with Crippen LogP contribution in [0.1, 0.15) is 30.5 Å². The Labute approximate surface area is 158 Å². The van der Waals surface area contributed by atoms with Gasteiger partial charge in [0.15, 0.2) is 0 Å². The third kappa shape index (κ3) is 8.27. The van der Waals surface area contributed by atoms with Crippen molar-refractivity contribution in [2.75, 3.05) is 18.4 Å². The highest BCUT2D eigenvalue weighted by Crippen LogP contribution is 2.16. The average molecular weight is 388 g/mol. The van der Waals surface area contributed by atoms with Gasteiger partial charge in [0.05, 0.1) is 6.61 Å². The Morgan fingerprint density at radius 2 is 1.80 bits per heavy atom. The molecule has 0 unspecified atom stereocenters. The first-order chi connectivity index (χ1) is 12.0. The van der Waals surface area contributed by atoms with Gasteiger partial charge in [0.2, 0.25) is 0 Å². The van der Waals surface area contributed by atoms with E-state index in [4.69, 9.17) is 32.7 Å². The number of hydrogen-bond donors (Lipinski definition) is 1. The van der Waals surface area contributed by atoms with Crippen molar-refractivity contribution >= 4 is 35.3 Å². The Balaban J connectivity index is 2.60. The Hall–Kier alpha value is -1.72. The lowest BCUT2D eigenvalue weighted by molar-refractivity contribution is -0.137. The number of amides is 1. The van der Waals surface area contributed by atoms with Gasteiger partial charge in [-0.3, -0.25) is 5.32 Å². The third-order valence-corrected chi connectivity index (χ3v) is 3.67. The number of allylic oxidation sites excluding steroid dienone is 1. The summed E-state index contributed by atoms with van der Waals surface area (Å²) in [6.45, 7) is 3.68. The highest BCUT2D eigenvalue weighted by atomic mass is 35.5. The smallest absolute Gasteiger partial charge is 0.411 e. The molecule has 1 amide bonds. The van der Waals surface area contributed by atoms with Crippen LogP contribution >= 0.6 is 23.2 Å². The molecule has 0 atom stereocenters. The predicted molar refractivity (Wildman–Crippen MR) is 99.0 cm³/mol. The summed E-state index contributed by atoms with van der Waals surface area (Å²) in [7, 11) is 0. The molecule has 0 aromatic heterocycles. The number of aryl methyl sites for hydroxylation is 2. The standard InChI is InChI=1S/C18H23Cl2NO4/c1-3-24-17(22)10-13(2)21-18(23)25-12-14-4-5-15(6-8-19)16(11-14)7-9-20/h4-5,10-11H,3,6-9,12H2,1-2H3,(H,21,23). The van der Waals surface area contributed by atoms with Crippen LogP contribution in [-0.4, -0.2) is 30.4 Å². The van der Waals surface area contributed by atoms with E-state index in [1.807, 2.05) is 18.2 Å². The van der Waals surface area contributed by atoms with Crippen LogP contribution in [0.25, 0.3) is 0 Å². The Morgan fingerprint density at radius 1 is 1.12 bits per heavy atom. The van der Waals surface area contributed by atoms with Crippen LogP contribution in [0.15, 0.2) is 30.0 Å². The molecule has 0 saturated carbocycles. The maximum absolute atomic E-state index is 11.8. The number of hydrogen-bond acceptors (Lipinski definition) is 4.